The molecule has 1 amide bonds. The van der Waals surface area contributed by atoms with Gasteiger partial charge in [-0.25, -0.2) is 14.1 Å². The minimum atomic E-state index is -0.385. The van der Waals surface area contributed by atoms with E-state index in [1.165, 1.54) is 40.2 Å². The predicted molar refractivity (Wildman–Crippen MR) is 85.5 cm³/mol. The van der Waals surface area contributed by atoms with Crippen molar-refractivity contribution >= 4 is 23.2 Å². The Morgan fingerprint density at radius 1 is 1.13 bits per heavy atom. The molecule has 0 aliphatic heterocycles. The number of carbonyl (C=O) groups is 1. The Balaban J connectivity index is 1.83. The molecule has 0 radical (unpaired) electrons. The molecule has 23 heavy (non-hydrogen) atoms. The van der Waals surface area contributed by atoms with Crippen LogP contribution in [0.1, 0.15) is 10.6 Å². The Kier molecular flexibility index (Phi) is 4.08. The first-order valence-electron chi connectivity index (χ1n) is 6.76. The zero-order valence-corrected chi connectivity index (χ0v) is 12.9. The van der Waals surface area contributed by atoms with Crippen LogP contribution in [0.4, 0.5) is 10.1 Å². The van der Waals surface area contributed by atoms with Crippen molar-refractivity contribution in [1.29, 1.82) is 0 Å². The average molecular weight is 331 g/mol. The Labute approximate surface area is 136 Å². The molecule has 0 N–H and O–H groups in total. The molecule has 0 aliphatic carbocycles. The van der Waals surface area contributed by atoms with Crippen molar-refractivity contribution in [3.05, 3.63) is 71.5 Å². The molecule has 3 rings (SSSR count). The van der Waals surface area contributed by atoms with Crippen molar-refractivity contribution < 1.29 is 9.18 Å². The molecule has 0 saturated carbocycles. The first kappa shape index (κ1) is 15.2. The van der Waals surface area contributed by atoms with E-state index in [0.717, 1.165) is 5.69 Å². The highest BCUT2D eigenvalue weighted by molar-refractivity contribution is 6.30. The molecule has 0 spiro atoms. The van der Waals surface area contributed by atoms with Gasteiger partial charge in [0.1, 0.15) is 12.1 Å². The summed E-state index contributed by atoms with van der Waals surface area (Å²) in [5.41, 5.74) is 1.30. The lowest BCUT2D eigenvalue weighted by atomic mass is 10.3. The van der Waals surface area contributed by atoms with Crippen LogP contribution in [0.3, 0.4) is 0 Å². The zero-order valence-electron chi connectivity index (χ0n) is 12.1. The molecule has 3 aromatic rings. The van der Waals surface area contributed by atoms with Crippen molar-refractivity contribution in [1.82, 2.24) is 14.8 Å². The molecular formula is C16H12ClFN4O. The zero-order chi connectivity index (χ0) is 16.4. The fraction of sp³-hybridized carbons (Fsp3) is 0.0625. The van der Waals surface area contributed by atoms with Crippen LogP contribution in [0.2, 0.25) is 5.02 Å². The number of rotatable bonds is 3. The normalized spacial score (nSPS) is 10.6. The monoisotopic (exact) mass is 330 g/mol. The summed E-state index contributed by atoms with van der Waals surface area (Å²) in [4.78, 5) is 17.8. The van der Waals surface area contributed by atoms with E-state index in [2.05, 4.69) is 10.1 Å². The van der Waals surface area contributed by atoms with E-state index in [1.54, 1.807) is 31.3 Å². The van der Waals surface area contributed by atoms with Crippen LogP contribution >= 0.6 is 11.6 Å². The van der Waals surface area contributed by atoms with Gasteiger partial charge in [0.05, 0.1) is 5.69 Å². The summed E-state index contributed by atoms with van der Waals surface area (Å²) in [6.45, 7) is 0. The van der Waals surface area contributed by atoms with E-state index >= 15 is 0 Å². The van der Waals surface area contributed by atoms with Gasteiger partial charge in [-0.15, -0.1) is 5.10 Å². The molecule has 0 atom stereocenters. The third-order valence-electron chi connectivity index (χ3n) is 3.29. The first-order valence-corrected chi connectivity index (χ1v) is 7.13. The van der Waals surface area contributed by atoms with E-state index in [-0.39, 0.29) is 17.5 Å². The number of benzene rings is 2. The van der Waals surface area contributed by atoms with Crippen molar-refractivity contribution in [3.8, 4) is 5.69 Å². The van der Waals surface area contributed by atoms with Gasteiger partial charge < -0.3 is 4.90 Å². The number of anilines is 1. The van der Waals surface area contributed by atoms with Crippen LogP contribution in [0, 0.1) is 5.82 Å². The molecule has 0 fully saturated rings. The third kappa shape index (κ3) is 3.22. The second kappa shape index (κ2) is 6.18. The van der Waals surface area contributed by atoms with E-state index in [4.69, 9.17) is 11.6 Å². The van der Waals surface area contributed by atoms with Crippen molar-refractivity contribution in [2.45, 2.75) is 0 Å². The number of halogens is 2. The molecule has 1 aromatic heterocycles. The summed E-state index contributed by atoms with van der Waals surface area (Å²) in [5.74, 6) is -0.698. The maximum absolute atomic E-state index is 13.0. The van der Waals surface area contributed by atoms with Gasteiger partial charge in [-0.05, 0) is 48.5 Å². The molecular weight excluding hydrogens is 319 g/mol. The van der Waals surface area contributed by atoms with E-state index in [0.29, 0.717) is 10.7 Å². The van der Waals surface area contributed by atoms with Gasteiger partial charge in [-0.2, -0.15) is 0 Å². The van der Waals surface area contributed by atoms with Crippen molar-refractivity contribution in [3.63, 3.8) is 0 Å². The quantitative estimate of drug-likeness (QED) is 0.740. The van der Waals surface area contributed by atoms with Crippen LogP contribution in [0.5, 0.6) is 0 Å². The molecule has 1 heterocycles. The lowest BCUT2D eigenvalue weighted by Gasteiger charge is -2.15. The van der Waals surface area contributed by atoms with E-state index < -0.39 is 0 Å². The van der Waals surface area contributed by atoms with Crippen LogP contribution in [-0.4, -0.2) is 27.7 Å². The fourth-order valence-electron chi connectivity index (χ4n) is 2.01. The highest BCUT2D eigenvalue weighted by Crippen LogP contribution is 2.16. The summed E-state index contributed by atoms with van der Waals surface area (Å²) >= 11 is 5.84. The van der Waals surface area contributed by atoms with Gasteiger partial charge in [0, 0.05) is 17.8 Å². The van der Waals surface area contributed by atoms with E-state index in [1.807, 2.05) is 0 Å². The Hall–Kier alpha value is -2.73. The number of aromatic nitrogens is 3. The molecule has 7 heteroatoms. The molecule has 2 aromatic carbocycles. The maximum atomic E-state index is 13.0. The Bertz CT molecular complexity index is 830. The Morgan fingerprint density at radius 2 is 1.78 bits per heavy atom. The smallest absolute Gasteiger partial charge is 0.297 e. The summed E-state index contributed by atoms with van der Waals surface area (Å²) in [5, 5.41) is 4.78. The molecule has 116 valence electrons. The standard InChI is InChI=1S/C16H12ClFN4O/c1-21(13-8-4-12(18)5-9-13)16(23)15-19-10-22(20-15)14-6-2-11(17)3-7-14/h2-10H,1H3. The predicted octanol–water partition coefficient (Wildman–Crippen LogP) is 3.34. The lowest BCUT2D eigenvalue weighted by molar-refractivity contribution is 0.0983. The summed E-state index contributed by atoms with van der Waals surface area (Å²) in [6.07, 6.45) is 1.45. The lowest BCUT2D eigenvalue weighted by Crippen LogP contribution is -2.27. The van der Waals surface area contributed by atoms with Gasteiger partial charge in [-0.1, -0.05) is 11.6 Å². The summed E-state index contributed by atoms with van der Waals surface area (Å²) in [6, 6.07) is 12.6. The topological polar surface area (TPSA) is 51.0 Å². The highest BCUT2D eigenvalue weighted by atomic mass is 35.5. The van der Waals surface area contributed by atoms with Crippen LogP contribution in [0.15, 0.2) is 54.9 Å². The SMILES string of the molecule is CN(C(=O)c1ncn(-c2ccc(Cl)cc2)n1)c1ccc(F)cc1. The number of nitrogens with zero attached hydrogens (tertiary/aromatic N) is 4. The molecule has 0 unspecified atom stereocenters. The number of hydrogen-bond donors (Lipinski definition) is 0. The van der Waals surface area contributed by atoms with E-state index in [9.17, 15) is 9.18 Å². The van der Waals surface area contributed by atoms with Crippen molar-refractivity contribution in [2.75, 3.05) is 11.9 Å². The van der Waals surface area contributed by atoms with Gasteiger partial charge >= 0.3 is 0 Å². The second-order valence-electron chi connectivity index (χ2n) is 4.83. The van der Waals surface area contributed by atoms with Crippen molar-refractivity contribution in [2.24, 2.45) is 0 Å². The Morgan fingerprint density at radius 3 is 2.43 bits per heavy atom. The summed E-state index contributed by atoms with van der Waals surface area (Å²) in [7, 11) is 1.58. The van der Waals surface area contributed by atoms with Gasteiger partial charge in [0.15, 0.2) is 0 Å². The molecule has 0 saturated heterocycles. The van der Waals surface area contributed by atoms with Gasteiger partial charge in [0.2, 0.25) is 5.82 Å². The number of carbonyl (C=O) groups excluding carboxylic acids is 1. The van der Waals surface area contributed by atoms with Gasteiger partial charge in [-0.3, -0.25) is 4.79 Å². The molecule has 0 aliphatic rings. The van der Waals surface area contributed by atoms with Gasteiger partial charge in [0.25, 0.3) is 5.91 Å². The minimum Gasteiger partial charge on any atom is -0.309 e. The molecule has 0 bridgehead atoms. The maximum Gasteiger partial charge on any atom is 0.297 e. The second-order valence-corrected chi connectivity index (χ2v) is 5.27. The number of amides is 1. The minimum absolute atomic E-state index is 0.0479. The first-order chi connectivity index (χ1) is 11.0. The van der Waals surface area contributed by atoms with Crippen LogP contribution < -0.4 is 4.90 Å². The molecule has 5 nitrogen and oxygen atoms in total. The highest BCUT2D eigenvalue weighted by Gasteiger charge is 2.18. The average Bonchev–Trinajstić information content (AvgIpc) is 3.05. The largest absolute Gasteiger partial charge is 0.309 e. The number of hydrogen-bond acceptors (Lipinski definition) is 3. The third-order valence-corrected chi connectivity index (χ3v) is 3.54. The van der Waals surface area contributed by atoms with Crippen LogP contribution in [0.25, 0.3) is 5.69 Å². The summed E-state index contributed by atoms with van der Waals surface area (Å²) < 4.78 is 14.4. The van der Waals surface area contributed by atoms with Crippen LogP contribution in [-0.2, 0) is 0 Å². The fourth-order valence-corrected chi connectivity index (χ4v) is 2.14.